The Morgan fingerprint density at radius 2 is 1.54 bits per heavy atom. The van der Waals surface area contributed by atoms with Crippen molar-refractivity contribution in [3.8, 4) is 11.3 Å². The Morgan fingerprint density at radius 3 is 2.19 bits per heavy atom. The molecule has 4 rings (SSSR count). The first-order chi connectivity index (χ1) is 12.5. The maximum atomic E-state index is 13.1. The van der Waals surface area contributed by atoms with Gasteiger partial charge in [-0.2, -0.15) is 17.0 Å². The average molecular weight is 397 g/mol. The third-order valence-corrected chi connectivity index (χ3v) is 7.80. The molecule has 2 aliphatic rings. The molecule has 2 aromatic rings. The molecule has 0 N–H and O–H groups in total. The van der Waals surface area contributed by atoms with Gasteiger partial charge in [0.05, 0.1) is 5.69 Å². The van der Waals surface area contributed by atoms with Crippen molar-refractivity contribution >= 4 is 26.7 Å². The monoisotopic (exact) mass is 396 g/mol. The van der Waals surface area contributed by atoms with Crippen molar-refractivity contribution in [2.75, 3.05) is 44.2 Å². The van der Waals surface area contributed by atoms with Crippen molar-refractivity contribution in [2.24, 2.45) is 0 Å². The zero-order chi connectivity index (χ0) is 18.1. The van der Waals surface area contributed by atoms with E-state index in [0.29, 0.717) is 39.3 Å². The predicted molar refractivity (Wildman–Crippen MR) is 101 cm³/mol. The summed E-state index contributed by atoms with van der Waals surface area (Å²) in [5.74, 6) is -0.264. The number of nitrogens with zero attached hydrogens (tertiary/aromatic N) is 4. The molecular weight excluding hydrogens is 375 g/mol. The second-order valence-corrected chi connectivity index (χ2v) is 9.29. The number of piperazine rings is 1. The maximum Gasteiger partial charge on any atom is 0.282 e. The van der Waals surface area contributed by atoms with Gasteiger partial charge in [-0.05, 0) is 37.1 Å². The fraction of sp³-hybridized carbons (Fsp3) is 0.471. The average Bonchev–Trinajstić information content (AvgIpc) is 3.35. The summed E-state index contributed by atoms with van der Waals surface area (Å²) in [7, 11) is -3.32. The number of hydrogen-bond acceptors (Lipinski definition) is 5. The highest BCUT2D eigenvalue weighted by atomic mass is 32.2. The normalized spacial score (nSPS) is 20.0. The van der Waals surface area contributed by atoms with Crippen LogP contribution in [-0.4, -0.2) is 61.3 Å². The van der Waals surface area contributed by atoms with E-state index in [0.717, 1.165) is 29.2 Å². The van der Waals surface area contributed by atoms with Gasteiger partial charge in [-0.25, -0.2) is 9.37 Å². The first kappa shape index (κ1) is 17.8. The second kappa shape index (κ2) is 7.22. The summed E-state index contributed by atoms with van der Waals surface area (Å²) in [5.41, 5.74) is 1.70. The molecule has 0 amide bonds. The Labute approximate surface area is 157 Å². The molecule has 9 heteroatoms. The largest absolute Gasteiger partial charge is 0.345 e. The maximum absolute atomic E-state index is 13.1. The summed E-state index contributed by atoms with van der Waals surface area (Å²) in [4.78, 5) is 6.76. The van der Waals surface area contributed by atoms with Crippen LogP contribution in [0, 0.1) is 5.82 Å². The Kier molecular flexibility index (Phi) is 4.96. The van der Waals surface area contributed by atoms with Crippen LogP contribution in [0.2, 0.25) is 0 Å². The van der Waals surface area contributed by atoms with Crippen molar-refractivity contribution in [1.82, 2.24) is 13.6 Å². The van der Waals surface area contributed by atoms with Crippen LogP contribution in [0.25, 0.3) is 11.3 Å². The van der Waals surface area contributed by atoms with Crippen LogP contribution in [0.1, 0.15) is 12.8 Å². The van der Waals surface area contributed by atoms with Crippen molar-refractivity contribution in [2.45, 2.75) is 12.8 Å². The molecule has 0 radical (unpaired) electrons. The van der Waals surface area contributed by atoms with Crippen LogP contribution in [0.3, 0.4) is 0 Å². The minimum absolute atomic E-state index is 0.264. The molecule has 0 atom stereocenters. The summed E-state index contributed by atoms with van der Waals surface area (Å²) < 4.78 is 41.5. The molecule has 6 nitrogen and oxygen atoms in total. The molecule has 2 fully saturated rings. The molecule has 0 aliphatic carbocycles. The molecule has 1 aromatic carbocycles. The number of aromatic nitrogens is 1. The number of rotatable bonds is 4. The third kappa shape index (κ3) is 3.48. The quantitative estimate of drug-likeness (QED) is 0.796. The minimum Gasteiger partial charge on any atom is -0.345 e. The summed E-state index contributed by atoms with van der Waals surface area (Å²) in [6.45, 7) is 3.48. The standard InChI is InChI=1S/C17H21FN4O2S2/c18-15-5-3-14(4-6-15)16-13-25-17(19-16)20-9-11-22(12-10-20)26(23,24)21-7-1-2-8-21/h3-6,13H,1-2,7-12H2. The van der Waals surface area contributed by atoms with Gasteiger partial charge in [-0.15, -0.1) is 11.3 Å². The van der Waals surface area contributed by atoms with Gasteiger partial charge < -0.3 is 4.90 Å². The van der Waals surface area contributed by atoms with E-state index in [4.69, 9.17) is 0 Å². The number of benzene rings is 1. The van der Waals surface area contributed by atoms with Crippen LogP contribution in [0.4, 0.5) is 9.52 Å². The first-order valence-corrected chi connectivity index (χ1v) is 11.0. The van der Waals surface area contributed by atoms with Gasteiger partial charge in [0.15, 0.2) is 5.13 Å². The van der Waals surface area contributed by atoms with Gasteiger partial charge in [0.2, 0.25) is 0 Å². The molecule has 0 bridgehead atoms. The lowest BCUT2D eigenvalue weighted by molar-refractivity contribution is 0.343. The molecular formula is C17H21FN4O2S2. The van der Waals surface area contributed by atoms with E-state index in [2.05, 4.69) is 9.88 Å². The lowest BCUT2D eigenvalue weighted by Gasteiger charge is -2.35. The number of halogens is 1. The van der Waals surface area contributed by atoms with Crippen molar-refractivity contribution in [3.63, 3.8) is 0 Å². The molecule has 0 unspecified atom stereocenters. The van der Waals surface area contributed by atoms with E-state index in [9.17, 15) is 12.8 Å². The van der Waals surface area contributed by atoms with Gasteiger partial charge in [0.25, 0.3) is 10.2 Å². The van der Waals surface area contributed by atoms with Crippen LogP contribution in [0.15, 0.2) is 29.6 Å². The van der Waals surface area contributed by atoms with Crippen LogP contribution in [0.5, 0.6) is 0 Å². The number of anilines is 1. The summed E-state index contributed by atoms with van der Waals surface area (Å²) in [6.07, 6.45) is 1.90. The Morgan fingerprint density at radius 1 is 0.923 bits per heavy atom. The summed E-state index contributed by atoms with van der Waals surface area (Å²) in [5, 5.41) is 2.83. The molecule has 2 aliphatic heterocycles. The van der Waals surface area contributed by atoms with Gasteiger partial charge in [-0.3, -0.25) is 0 Å². The van der Waals surface area contributed by atoms with Crippen molar-refractivity contribution < 1.29 is 12.8 Å². The molecule has 1 aromatic heterocycles. The Hall–Kier alpha value is -1.55. The molecule has 0 spiro atoms. The molecule has 0 saturated carbocycles. The molecule has 3 heterocycles. The summed E-state index contributed by atoms with van der Waals surface area (Å²) >= 11 is 1.53. The zero-order valence-electron chi connectivity index (χ0n) is 14.3. The fourth-order valence-electron chi connectivity index (χ4n) is 3.35. The number of hydrogen-bond donors (Lipinski definition) is 0. The SMILES string of the molecule is O=S(=O)(N1CCCC1)N1CCN(c2nc(-c3ccc(F)cc3)cs2)CC1. The van der Waals surface area contributed by atoms with Gasteiger partial charge in [0.1, 0.15) is 5.82 Å². The molecule has 26 heavy (non-hydrogen) atoms. The highest BCUT2D eigenvalue weighted by Crippen LogP contribution is 2.29. The predicted octanol–water partition coefficient (Wildman–Crippen LogP) is 2.41. The van der Waals surface area contributed by atoms with E-state index >= 15 is 0 Å². The van der Waals surface area contributed by atoms with Gasteiger partial charge in [0, 0.05) is 50.2 Å². The molecule has 2 saturated heterocycles. The van der Waals surface area contributed by atoms with E-state index in [1.165, 1.54) is 23.5 Å². The highest BCUT2D eigenvalue weighted by Gasteiger charge is 2.34. The Balaban J connectivity index is 1.41. The minimum atomic E-state index is -3.32. The Bertz CT molecular complexity index is 855. The smallest absolute Gasteiger partial charge is 0.282 e. The van der Waals surface area contributed by atoms with E-state index in [1.54, 1.807) is 20.7 Å². The van der Waals surface area contributed by atoms with Gasteiger partial charge >= 0.3 is 0 Å². The second-order valence-electron chi connectivity index (χ2n) is 6.52. The highest BCUT2D eigenvalue weighted by molar-refractivity contribution is 7.86. The topological polar surface area (TPSA) is 56.8 Å². The number of thiazole rings is 1. The van der Waals surface area contributed by atoms with E-state index < -0.39 is 10.2 Å². The van der Waals surface area contributed by atoms with Crippen LogP contribution >= 0.6 is 11.3 Å². The lowest BCUT2D eigenvalue weighted by Crippen LogP contribution is -2.52. The van der Waals surface area contributed by atoms with Crippen molar-refractivity contribution in [3.05, 3.63) is 35.5 Å². The van der Waals surface area contributed by atoms with E-state index in [1.807, 2.05) is 5.38 Å². The van der Waals surface area contributed by atoms with E-state index in [-0.39, 0.29) is 5.82 Å². The lowest BCUT2D eigenvalue weighted by atomic mass is 10.2. The fourth-order valence-corrected chi connectivity index (χ4v) is 5.91. The molecule has 140 valence electrons. The van der Waals surface area contributed by atoms with Crippen molar-refractivity contribution in [1.29, 1.82) is 0 Å². The summed E-state index contributed by atoms with van der Waals surface area (Å²) in [6, 6.07) is 6.29. The van der Waals surface area contributed by atoms with Crippen LogP contribution < -0.4 is 4.90 Å². The van der Waals surface area contributed by atoms with Gasteiger partial charge in [-0.1, -0.05) is 0 Å². The first-order valence-electron chi connectivity index (χ1n) is 8.76. The zero-order valence-corrected chi connectivity index (χ0v) is 16.0. The third-order valence-electron chi connectivity index (χ3n) is 4.86. The van der Waals surface area contributed by atoms with Crippen LogP contribution in [-0.2, 0) is 10.2 Å².